The largest absolute Gasteiger partial charge is 0.478 e. The lowest BCUT2D eigenvalue weighted by molar-refractivity contribution is 0.0329. The predicted octanol–water partition coefficient (Wildman–Crippen LogP) is 4.46. The summed E-state index contributed by atoms with van der Waals surface area (Å²) in [7, 11) is 0. The van der Waals surface area contributed by atoms with E-state index < -0.39 is 0 Å². The van der Waals surface area contributed by atoms with E-state index in [1.807, 2.05) is 31.2 Å². The number of ketones is 1. The zero-order valence-corrected chi connectivity index (χ0v) is 21.1. The Labute approximate surface area is 211 Å². The quantitative estimate of drug-likeness (QED) is 0.479. The van der Waals surface area contributed by atoms with Gasteiger partial charge < -0.3 is 18.8 Å². The summed E-state index contributed by atoms with van der Waals surface area (Å²) in [6.07, 6.45) is 5.06. The Bertz CT molecular complexity index is 1340. The van der Waals surface area contributed by atoms with Gasteiger partial charge in [-0.1, -0.05) is 18.2 Å². The highest BCUT2D eigenvalue weighted by Gasteiger charge is 2.35. The molecule has 1 saturated heterocycles. The van der Waals surface area contributed by atoms with Gasteiger partial charge in [-0.2, -0.15) is 0 Å². The number of aromatic nitrogens is 1. The highest BCUT2D eigenvalue weighted by Crippen LogP contribution is 2.44. The minimum atomic E-state index is -0.0527. The second-order valence-corrected chi connectivity index (χ2v) is 9.84. The SMILES string of the molecule is CCn1cc(/C=C2\Oc3c4c(cc(C)c3C2=O)OCN(CCCN2CCOCC2)C4)c2ccccc21. The van der Waals surface area contributed by atoms with Crippen LogP contribution >= 0.6 is 0 Å². The Morgan fingerprint density at radius 1 is 1.08 bits per heavy atom. The molecule has 0 radical (unpaired) electrons. The Hall–Kier alpha value is -3.13. The van der Waals surface area contributed by atoms with E-state index in [2.05, 4.69) is 39.6 Å². The molecule has 0 amide bonds. The number of hydrogen-bond acceptors (Lipinski definition) is 6. The van der Waals surface area contributed by atoms with Crippen LogP contribution in [0.25, 0.3) is 17.0 Å². The molecule has 2 aromatic carbocycles. The van der Waals surface area contributed by atoms with Gasteiger partial charge in [-0.25, -0.2) is 0 Å². The van der Waals surface area contributed by atoms with Crippen LogP contribution in [0.4, 0.5) is 0 Å². The molecule has 3 aliphatic heterocycles. The Morgan fingerprint density at radius 3 is 2.72 bits per heavy atom. The summed E-state index contributed by atoms with van der Waals surface area (Å²) < 4.78 is 20.1. The molecule has 0 saturated carbocycles. The fourth-order valence-electron chi connectivity index (χ4n) is 5.56. The monoisotopic (exact) mass is 487 g/mol. The number of carbonyl (C=O) groups is 1. The molecule has 0 bridgehead atoms. The second kappa shape index (κ2) is 9.73. The molecule has 4 heterocycles. The molecule has 1 aromatic heterocycles. The third-order valence-electron chi connectivity index (χ3n) is 7.49. The van der Waals surface area contributed by atoms with Gasteiger partial charge in [-0.15, -0.1) is 0 Å². The molecule has 0 spiro atoms. The lowest BCUT2D eigenvalue weighted by Crippen LogP contribution is -2.39. The van der Waals surface area contributed by atoms with Crippen molar-refractivity contribution in [3.63, 3.8) is 0 Å². The molecule has 6 rings (SSSR count). The number of carbonyl (C=O) groups excluding carboxylic acids is 1. The summed E-state index contributed by atoms with van der Waals surface area (Å²) in [5.41, 5.74) is 4.69. The van der Waals surface area contributed by atoms with Crippen LogP contribution in [-0.4, -0.2) is 66.3 Å². The van der Waals surface area contributed by atoms with E-state index in [1.165, 1.54) is 0 Å². The minimum Gasteiger partial charge on any atom is -0.478 e. The fraction of sp³-hybridized carbons (Fsp3) is 0.414. The van der Waals surface area contributed by atoms with Gasteiger partial charge in [0.1, 0.15) is 18.2 Å². The van der Waals surface area contributed by atoms with Gasteiger partial charge in [-0.3, -0.25) is 14.6 Å². The van der Waals surface area contributed by atoms with E-state index in [9.17, 15) is 4.79 Å². The summed E-state index contributed by atoms with van der Waals surface area (Å²) in [5, 5.41) is 1.12. The van der Waals surface area contributed by atoms with Crippen molar-refractivity contribution in [1.29, 1.82) is 0 Å². The first-order valence-electron chi connectivity index (χ1n) is 13.0. The molecule has 3 aliphatic rings. The Balaban J connectivity index is 1.24. The normalized spacial score (nSPS) is 19.4. The minimum absolute atomic E-state index is 0.0527. The molecular weight excluding hydrogens is 454 g/mol. The molecule has 1 fully saturated rings. The van der Waals surface area contributed by atoms with E-state index in [0.29, 0.717) is 23.8 Å². The number of rotatable bonds is 6. The van der Waals surface area contributed by atoms with Crippen molar-refractivity contribution in [3.05, 3.63) is 64.5 Å². The van der Waals surface area contributed by atoms with Crippen LogP contribution in [-0.2, 0) is 17.8 Å². The fourth-order valence-corrected chi connectivity index (χ4v) is 5.56. The van der Waals surface area contributed by atoms with Crippen molar-refractivity contribution >= 4 is 22.8 Å². The summed E-state index contributed by atoms with van der Waals surface area (Å²) >= 11 is 0. The first-order chi connectivity index (χ1) is 17.6. The molecule has 0 atom stereocenters. The highest BCUT2D eigenvalue weighted by molar-refractivity contribution is 6.16. The first kappa shape index (κ1) is 23.3. The molecular formula is C29H33N3O4. The van der Waals surface area contributed by atoms with Crippen LogP contribution in [0, 0.1) is 6.92 Å². The first-order valence-corrected chi connectivity index (χ1v) is 13.0. The van der Waals surface area contributed by atoms with Crippen LogP contribution in [0.1, 0.15) is 40.4 Å². The van der Waals surface area contributed by atoms with Gasteiger partial charge >= 0.3 is 0 Å². The third kappa shape index (κ3) is 4.21. The number of benzene rings is 2. The summed E-state index contributed by atoms with van der Waals surface area (Å²) in [6.45, 7) is 11.9. The summed E-state index contributed by atoms with van der Waals surface area (Å²) in [4.78, 5) is 18.2. The van der Waals surface area contributed by atoms with Crippen molar-refractivity contribution in [1.82, 2.24) is 14.4 Å². The standard InChI is InChI=1S/C29H33N3O4/c1-3-32-17-21(22-7-4-5-8-24(22)32)16-26-28(33)27-20(2)15-25-23(29(27)36-26)18-31(19-35-25)10-6-9-30-11-13-34-14-12-30/h4-5,7-8,15-17H,3,6,9-14,18-19H2,1-2H3/b26-16-. The lowest BCUT2D eigenvalue weighted by Gasteiger charge is -2.31. The van der Waals surface area contributed by atoms with Crippen molar-refractivity contribution in [2.75, 3.05) is 46.1 Å². The Morgan fingerprint density at radius 2 is 1.89 bits per heavy atom. The van der Waals surface area contributed by atoms with Crippen LogP contribution in [0.3, 0.4) is 0 Å². The second-order valence-electron chi connectivity index (χ2n) is 9.84. The molecule has 7 nitrogen and oxygen atoms in total. The predicted molar refractivity (Wildman–Crippen MR) is 140 cm³/mol. The van der Waals surface area contributed by atoms with Gasteiger partial charge in [-0.05, 0) is 50.6 Å². The van der Waals surface area contributed by atoms with Crippen LogP contribution in [0.15, 0.2) is 42.3 Å². The molecule has 3 aromatic rings. The zero-order valence-electron chi connectivity index (χ0n) is 21.1. The van der Waals surface area contributed by atoms with Gasteiger partial charge in [0.2, 0.25) is 5.78 Å². The lowest BCUT2D eigenvalue weighted by atomic mass is 9.98. The number of morpholine rings is 1. The van der Waals surface area contributed by atoms with Gasteiger partial charge in [0.25, 0.3) is 0 Å². The molecule has 7 heteroatoms. The number of ether oxygens (including phenoxy) is 3. The number of Topliss-reactive ketones (excluding diaryl/α,β-unsaturated/α-hetero) is 1. The van der Waals surface area contributed by atoms with E-state index >= 15 is 0 Å². The average molecular weight is 488 g/mol. The third-order valence-corrected chi connectivity index (χ3v) is 7.49. The maximum absolute atomic E-state index is 13.5. The van der Waals surface area contributed by atoms with E-state index in [0.717, 1.165) is 92.2 Å². The number of para-hydroxylation sites is 1. The number of aryl methyl sites for hydroxylation is 2. The number of nitrogens with zero attached hydrogens (tertiary/aromatic N) is 3. The van der Waals surface area contributed by atoms with Crippen LogP contribution < -0.4 is 9.47 Å². The summed E-state index contributed by atoms with van der Waals surface area (Å²) in [5.74, 6) is 1.82. The molecule has 0 unspecified atom stereocenters. The number of fused-ring (bicyclic) bond motifs is 4. The van der Waals surface area contributed by atoms with Crippen molar-refractivity contribution < 1.29 is 19.0 Å². The molecule has 188 valence electrons. The molecule has 0 N–H and O–H groups in total. The van der Waals surface area contributed by atoms with Gasteiger partial charge in [0.05, 0.1) is 24.3 Å². The van der Waals surface area contributed by atoms with Gasteiger partial charge in [0, 0.05) is 55.4 Å². The van der Waals surface area contributed by atoms with E-state index in [1.54, 1.807) is 0 Å². The average Bonchev–Trinajstić information content (AvgIpc) is 3.43. The number of hydrogen-bond donors (Lipinski definition) is 0. The molecule has 0 aliphatic carbocycles. The molecule has 36 heavy (non-hydrogen) atoms. The van der Waals surface area contributed by atoms with E-state index in [-0.39, 0.29) is 5.78 Å². The zero-order chi connectivity index (χ0) is 24.6. The maximum Gasteiger partial charge on any atom is 0.232 e. The number of allylic oxidation sites excluding steroid dienone is 1. The highest BCUT2D eigenvalue weighted by atomic mass is 16.5. The van der Waals surface area contributed by atoms with Crippen molar-refractivity contribution in [3.8, 4) is 11.5 Å². The van der Waals surface area contributed by atoms with Crippen molar-refractivity contribution in [2.45, 2.75) is 33.4 Å². The van der Waals surface area contributed by atoms with Gasteiger partial charge in [0.15, 0.2) is 5.76 Å². The van der Waals surface area contributed by atoms with Crippen molar-refractivity contribution in [2.24, 2.45) is 0 Å². The topological polar surface area (TPSA) is 56.2 Å². The smallest absolute Gasteiger partial charge is 0.232 e. The maximum atomic E-state index is 13.5. The summed E-state index contributed by atoms with van der Waals surface area (Å²) in [6, 6.07) is 10.3. The van der Waals surface area contributed by atoms with E-state index in [4.69, 9.17) is 14.2 Å². The van der Waals surface area contributed by atoms with Crippen LogP contribution in [0.5, 0.6) is 11.5 Å². The van der Waals surface area contributed by atoms with Crippen LogP contribution in [0.2, 0.25) is 0 Å². The Kier molecular flexibility index (Phi) is 6.29.